The van der Waals surface area contributed by atoms with E-state index in [1.165, 1.54) is 6.92 Å². The van der Waals surface area contributed by atoms with Crippen molar-refractivity contribution in [2.24, 2.45) is 5.73 Å². The minimum Gasteiger partial charge on any atom is -0.480 e. The molecule has 4 amide bonds. The van der Waals surface area contributed by atoms with Gasteiger partial charge in [-0.15, -0.1) is 0 Å². The minimum atomic E-state index is -1.47. The van der Waals surface area contributed by atoms with Crippen molar-refractivity contribution in [2.75, 3.05) is 12.4 Å². The van der Waals surface area contributed by atoms with Crippen LogP contribution < -0.4 is 27.0 Å². The molecule has 0 unspecified atom stereocenters. The highest BCUT2D eigenvalue weighted by Crippen LogP contribution is 2.06. The largest absolute Gasteiger partial charge is 0.480 e. The average molecular weight is 574 g/mol. The number of rotatable bonds is 15. The van der Waals surface area contributed by atoms with Gasteiger partial charge in [-0.3, -0.25) is 19.2 Å². The van der Waals surface area contributed by atoms with Gasteiger partial charge in [-0.1, -0.05) is 60.7 Å². The van der Waals surface area contributed by atoms with E-state index in [2.05, 4.69) is 33.9 Å². The number of aliphatic hydroxyl groups excluding tert-OH is 1. The van der Waals surface area contributed by atoms with E-state index in [9.17, 15) is 29.1 Å². The van der Waals surface area contributed by atoms with Crippen molar-refractivity contribution in [2.45, 2.75) is 50.0 Å². The summed E-state index contributed by atoms with van der Waals surface area (Å²) >= 11 is 3.85. The molecule has 2 aromatic carbocycles. The molecule has 0 fully saturated rings. The van der Waals surface area contributed by atoms with Gasteiger partial charge in [0.25, 0.3) is 0 Å². The van der Waals surface area contributed by atoms with Gasteiger partial charge in [0.2, 0.25) is 23.6 Å². The normalized spacial score (nSPS) is 14.5. The van der Waals surface area contributed by atoms with Gasteiger partial charge < -0.3 is 37.2 Å². The lowest BCUT2D eigenvalue weighted by Gasteiger charge is -2.24. The van der Waals surface area contributed by atoms with E-state index in [-0.39, 0.29) is 18.6 Å². The van der Waals surface area contributed by atoms with Gasteiger partial charge in [-0.25, -0.2) is 4.79 Å². The molecule has 0 heterocycles. The number of aliphatic carboxylic acids is 1. The van der Waals surface area contributed by atoms with Crippen LogP contribution in [0.2, 0.25) is 0 Å². The van der Waals surface area contributed by atoms with Crippen molar-refractivity contribution < 1.29 is 34.2 Å². The summed E-state index contributed by atoms with van der Waals surface area (Å²) in [7, 11) is 0. The Kier molecular flexibility index (Phi) is 13.1. The van der Waals surface area contributed by atoms with Crippen LogP contribution in [0.5, 0.6) is 0 Å². The van der Waals surface area contributed by atoms with Crippen LogP contribution in [0.4, 0.5) is 0 Å². The molecule has 12 nitrogen and oxygen atoms in total. The molecular formula is C27H35N5O7S. The summed E-state index contributed by atoms with van der Waals surface area (Å²) < 4.78 is 0. The summed E-state index contributed by atoms with van der Waals surface area (Å²) in [5, 5.41) is 28.2. The first-order valence-corrected chi connectivity index (χ1v) is 13.2. The molecule has 0 aliphatic rings. The number of carboxylic acids is 1. The van der Waals surface area contributed by atoms with Crippen molar-refractivity contribution >= 4 is 42.2 Å². The van der Waals surface area contributed by atoms with Crippen LogP contribution >= 0.6 is 12.6 Å². The van der Waals surface area contributed by atoms with Gasteiger partial charge in [0.15, 0.2) is 0 Å². The maximum absolute atomic E-state index is 13.2. The zero-order valence-corrected chi connectivity index (χ0v) is 22.8. The lowest BCUT2D eigenvalue weighted by atomic mass is 10.0. The zero-order chi connectivity index (χ0) is 29.7. The van der Waals surface area contributed by atoms with Crippen molar-refractivity contribution in [3.63, 3.8) is 0 Å². The Morgan fingerprint density at radius 1 is 0.725 bits per heavy atom. The molecule has 0 aliphatic heterocycles. The number of carbonyl (C=O) groups is 5. The number of amides is 4. The van der Waals surface area contributed by atoms with Gasteiger partial charge in [-0.2, -0.15) is 12.6 Å². The Labute approximate surface area is 237 Å². The van der Waals surface area contributed by atoms with E-state index >= 15 is 0 Å². The fourth-order valence-corrected chi connectivity index (χ4v) is 3.87. The lowest BCUT2D eigenvalue weighted by molar-refractivity contribution is -0.141. The van der Waals surface area contributed by atoms with Crippen molar-refractivity contribution in [3.05, 3.63) is 71.8 Å². The van der Waals surface area contributed by atoms with Gasteiger partial charge in [0.1, 0.15) is 24.2 Å². The van der Waals surface area contributed by atoms with Gasteiger partial charge in [0.05, 0.1) is 12.6 Å². The van der Waals surface area contributed by atoms with Crippen LogP contribution in [0.15, 0.2) is 60.7 Å². The highest BCUT2D eigenvalue weighted by atomic mass is 32.1. The molecule has 0 spiro atoms. The predicted octanol–water partition coefficient (Wildman–Crippen LogP) is -1.24. The summed E-state index contributed by atoms with van der Waals surface area (Å²) in [5.74, 6) is -4.50. The van der Waals surface area contributed by atoms with Gasteiger partial charge >= 0.3 is 5.97 Å². The molecule has 0 radical (unpaired) electrons. The SMILES string of the molecule is C[C@H](NC(=O)[C@H](Cc1ccccc1)NC(=O)[C@@H](N)Cc1ccccc1)C(=O)N[C@@H](CO)C(=O)N[C@@H](CS)C(=O)O. The maximum atomic E-state index is 13.2. The molecule has 5 atom stereocenters. The minimum absolute atomic E-state index is 0.118. The fourth-order valence-electron chi connectivity index (χ4n) is 3.63. The number of thiol groups is 1. The van der Waals surface area contributed by atoms with E-state index in [0.29, 0.717) is 0 Å². The second-order valence-electron chi connectivity index (χ2n) is 9.10. The fraction of sp³-hybridized carbons (Fsp3) is 0.370. The lowest BCUT2D eigenvalue weighted by Crippen LogP contribution is -2.59. The van der Waals surface area contributed by atoms with E-state index < -0.39 is 66.4 Å². The first-order chi connectivity index (χ1) is 19.0. The Morgan fingerprint density at radius 2 is 1.20 bits per heavy atom. The number of hydrogen-bond acceptors (Lipinski definition) is 8. The topological polar surface area (TPSA) is 200 Å². The summed E-state index contributed by atoms with van der Waals surface area (Å²) in [4.78, 5) is 62.2. The van der Waals surface area contributed by atoms with Crippen molar-refractivity contribution in [1.82, 2.24) is 21.3 Å². The van der Waals surface area contributed by atoms with Gasteiger partial charge in [0, 0.05) is 12.2 Å². The van der Waals surface area contributed by atoms with Crippen LogP contribution in [-0.2, 0) is 36.8 Å². The summed E-state index contributed by atoms with van der Waals surface area (Å²) in [6, 6.07) is 12.1. The first kappa shape index (κ1) is 32.3. The monoisotopic (exact) mass is 573 g/mol. The Bertz CT molecular complexity index is 1150. The first-order valence-electron chi connectivity index (χ1n) is 12.5. The molecule has 13 heteroatoms. The summed E-state index contributed by atoms with van der Waals surface area (Å²) in [5.41, 5.74) is 7.70. The zero-order valence-electron chi connectivity index (χ0n) is 21.9. The molecule has 0 saturated heterocycles. The summed E-state index contributed by atoms with van der Waals surface area (Å²) in [6.45, 7) is 0.541. The molecule has 216 valence electrons. The molecule has 40 heavy (non-hydrogen) atoms. The number of hydrogen-bond donors (Lipinski definition) is 8. The van der Waals surface area contributed by atoms with E-state index in [1.54, 1.807) is 24.3 Å². The van der Waals surface area contributed by atoms with Crippen LogP contribution in [0.25, 0.3) is 0 Å². The van der Waals surface area contributed by atoms with Crippen LogP contribution in [0.3, 0.4) is 0 Å². The molecule has 8 N–H and O–H groups in total. The van der Waals surface area contributed by atoms with E-state index in [1.807, 2.05) is 36.4 Å². The third kappa shape index (κ3) is 10.3. The number of carbonyl (C=O) groups excluding carboxylic acids is 4. The summed E-state index contributed by atoms with van der Waals surface area (Å²) in [6.07, 6.45) is 0.374. The van der Waals surface area contributed by atoms with Crippen molar-refractivity contribution in [3.8, 4) is 0 Å². The Morgan fingerprint density at radius 3 is 1.70 bits per heavy atom. The molecule has 0 saturated carbocycles. The third-order valence-corrected chi connectivity index (χ3v) is 6.28. The second kappa shape index (κ2) is 16.2. The van der Waals surface area contributed by atoms with Crippen LogP contribution in [0.1, 0.15) is 18.1 Å². The number of benzene rings is 2. The Hall–Kier alpha value is -3.94. The molecule has 2 rings (SSSR count). The van der Waals surface area contributed by atoms with Crippen LogP contribution in [-0.4, -0.2) is 82.4 Å². The average Bonchev–Trinajstić information content (AvgIpc) is 2.94. The number of aliphatic hydroxyl groups is 1. The van der Waals surface area contributed by atoms with E-state index in [4.69, 9.17) is 10.8 Å². The number of nitrogens with one attached hydrogen (secondary N) is 4. The molecule has 0 aromatic heterocycles. The quantitative estimate of drug-likeness (QED) is 0.121. The highest BCUT2D eigenvalue weighted by Gasteiger charge is 2.30. The second-order valence-corrected chi connectivity index (χ2v) is 9.47. The standard InChI is InChI=1S/C27H35N5O7S/c1-16(23(34)31-21(14-33)26(37)32-22(15-40)27(38)39)29-25(36)20(13-18-10-6-3-7-11-18)30-24(35)19(28)12-17-8-4-2-5-9-17/h2-11,16,19-22,33,40H,12-15,28H2,1H3,(H,29,36)(H,30,35)(H,31,34)(H,32,37)(H,38,39)/t16-,19-,20-,21-,22-/m0/s1. The molecule has 2 aromatic rings. The number of nitrogens with two attached hydrogens (primary N) is 1. The smallest absolute Gasteiger partial charge is 0.327 e. The van der Waals surface area contributed by atoms with Crippen LogP contribution in [0, 0.1) is 0 Å². The number of carboxylic acid groups (broad SMARTS) is 1. The van der Waals surface area contributed by atoms with Gasteiger partial charge in [-0.05, 0) is 24.5 Å². The third-order valence-electron chi connectivity index (χ3n) is 5.92. The molecule has 0 bridgehead atoms. The predicted molar refractivity (Wildman–Crippen MR) is 150 cm³/mol. The molecule has 0 aliphatic carbocycles. The van der Waals surface area contributed by atoms with Crippen molar-refractivity contribution in [1.29, 1.82) is 0 Å². The Balaban J connectivity index is 2.06. The maximum Gasteiger partial charge on any atom is 0.327 e. The van der Waals surface area contributed by atoms with E-state index in [0.717, 1.165) is 11.1 Å². The molecular weight excluding hydrogens is 538 g/mol. The highest BCUT2D eigenvalue weighted by molar-refractivity contribution is 7.80.